The first-order valence-electron chi connectivity index (χ1n) is 9.45. The van der Waals surface area contributed by atoms with Crippen LogP contribution in [0.4, 0.5) is 24.5 Å². The number of amides is 1. The Morgan fingerprint density at radius 2 is 1.78 bits per heavy atom. The summed E-state index contributed by atoms with van der Waals surface area (Å²) in [5.41, 5.74) is 0.527. The highest BCUT2D eigenvalue weighted by Crippen LogP contribution is 2.36. The van der Waals surface area contributed by atoms with Crippen LogP contribution >= 0.6 is 0 Å². The zero-order valence-corrected chi connectivity index (χ0v) is 17.7. The molecule has 0 aliphatic carbocycles. The lowest BCUT2D eigenvalue weighted by Crippen LogP contribution is -2.15. The van der Waals surface area contributed by atoms with E-state index in [0.717, 1.165) is 6.07 Å². The average Bonchev–Trinajstić information content (AvgIpc) is 3.02. The van der Waals surface area contributed by atoms with Crippen molar-refractivity contribution in [3.8, 4) is 11.4 Å². The maximum absolute atomic E-state index is 13.5. The fraction of sp³-hybridized carbons (Fsp3) is 0.227. The Morgan fingerprint density at radius 3 is 2.38 bits per heavy atom. The Morgan fingerprint density at radius 1 is 1.12 bits per heavy atom. The summed E-state index contributed by atoms with van der Waals surface area (Å²) in [7, 11) is 1.27. The smallest absolute Gasteiger partial charge is 0.418 e. The molecular weight excluding hydrogens is 427 g/mol. The second kappa shape index (κ2) is 8.37. The molecule has 0 aliphatic rings. The molecule has 3 aromatic rings. The monoisotopic (exact) mass is 447 g/mol. The number of benzene rings is 2. The lowest BCUT2D eigenvalue weighted by atomic mass is 10.1. The van der Waals surface area contributed by atoms with Crippen molar-refractivity contribution >= 4 is 17.3 Å². The molecule has 10 heteroatoms. The van der Waals surface area contributed by atoms with E-state index in [1.165, 1.54) is 48.1 Å². The molecule has 1 N–H and O–H groups in total. The second-order valence-electron chi connectivity index (χ2n) is 7.19. The van der Waals surface area contributed by atoms with Crippen molar-refractivity contribution in [2.45, 2.75) is 26.9 Å². The van der Waals surface area contributed by atoms with Crippen molar-refractivity contribution in [2.24, 2.45) is 0 Å². The third-order valence-corrected chi connectivity index (χ3v) is 5.10. The molecule has 1 aromatic heterocycles. The maximum atomic E-state index is 13.5. The summed E-state index contributed by atoms with van der Waals surface area (Å²) in [4.78, 5) is 23.5. The number of rotatable bonds is 5. The van der Waals surface area contributed by atoms with E-state index in [2.05, 4.69) is 5.32 Å². The Kier molecular flexibility index (Phi) is 5.98. The van der Waals surface area contributed by atoms with Gasteiger partial charge in [0.05, 0.1) is 28.8 Å². The number of anilines is 1. The number of hydrogen-bond donors (Lipinski definition) is 1. The number of aromatic nitrogens is 1. The van der Waals surface area contributed by atoms with Gasteiger partial charge in [0.2, 0.25) is 0 Å². The van der Waals surface area contributed by atoms with Gasteiger partial charge in [-0.1, -0.05) is 12.1 Å². The Balaban J connectivity index is 2.02. The van der Waals surface area contributed by atoms with Gasteiger partial charge >= 0.3 is 11.9 Å². The maximum Gasteiger partial charge on any atom is 0.418 e. The number of halogens is 3. The number of carbonyl (C=O) groups is 1. The average molecular weight is 447 g/mol. The standard InChI is InChI=1S/C22H20F3N3O4/c1-12-9-19(28(30)31)20(32-4)11-17(12)26-21(29)15-10-13(2)27(14(15)3)18-8-6-5-7-16(18)22(23,24)25/h5-11H,1-4H3,(H,26,29). The van der Waals surface area contributed by atoms with E-state index in [1.807, 2.05) is 0 Å². The molecule has 0 saturated carbocycles. The predicted octanol–water partition coefficient (Wildman–Crippen LogP) is 5.59. The number of nitro benzene ring substituents is 1. The number of alkyl halides is 3. The minimum atomic E-state index is -4.56. The molecule has 1 amide bonds. The van der Waals surface area contributed by atoms with Crippen LogP contribution in [0, 0.1) is 30.9 Å². The summed E-state index contributed by atoms with van der Waals surface area (Å²) in [6.45, 7) is 4.75. The number of para-hydroxylation sites is 1. The molecule has 3 rings (SSSR count). The molecular formula is C22H20F3N3O4. The van der Waals surface area contributed by atoms with E-state index in [4.69, 9.17) is 4.74 Å². The van der Waals surface area contributed by atoms with Crippen LogP contribution in [0.3, 0.4) is 0 Å². The number of methoxy groups -OCH3 is 1. The Labute approximate surface area is 181 Å². The highest BCUT2D eigenvalue weighted by molar-refractivity contribution is 6.06. The van der Waals surface area contributed by atoms with Crippen LogP contribution in [-0.2, 0) is 6.18 Å². The molecule has 32 heavy (non-hydrogen) atoms. The van der Waals surface area contributed by atoms with Gasteiger partial charge in [-0.15, -0.1) is 0 Å². The number of nitrogens with one attached hydrogen (secondary N) is 1. The van der Waals surface area contributed by atoms with Crippen LogP contribution in [0.5, 0.6) is 5.75 Å². The third kappa shape index (κ3) is 4.16. The predicted molar refractivity (Wildman–Crippen MR) is 113 cm³/mol. The second-order valence-corrected chi connectivity index (χ2v) is 7.19. The topological polar surface area (TPSA) is 86.4 Å². The molecule has 0 atom stereocenters. The van der Waals surface area contributed by atoms with Gasteiger partial charge in [0.25, 0.3) is 5.91 Å². The van der Waals surface area contributed by atoms with Gasteiger partial charge in [0.1, 0.15) is 0 Å². The summed E-state index contributed by atoms with van der Waals surface area (Å²) >= 11 is 0. The van der Waals surface area contributed by atoms with Crippen molar-refractivity contribution in [2.75, 3.05) is 12.4 Å². The number of nitrogens with zero attached hydrogens (tertiary/aromatic N) is 2. The molecule has 0 aliphatic heterocycles. The lowest BCUT2D eigenvalue weighted by molar-refractivity contribution is -0.385. The highest BCUT2D eigenvalue weighted by Gasteiger charge is 2.34. The van der Waals surface area contributed by atoms with Crippen LogP contribution < -0.4 is 10.1 Å². The fourth-order valence-electron chi connectivity index (χ4n) is 3.58. The van der Waals surface area contributed by atoms with Crippen LogP contribution in [0.2, 0.25) is 0 Å². The van der Waals surface area contributed by atoms with Gasteiger partial charge < -0.3 is 14.6 Å². The van der Waals surface area contributed by atoms with Crippen LogP contribution in [0.1, 0.15) is 32.9 Å². The lowest BCUT2D eigenvalue weighted by Gasteiger charge is -2.17. The number of nitro groups is 1. The molecule has 0 unspecified atom stereocenters. The van der Waals surface area contributed by atoms with E-state index < -0.39 is 22.6 Å². The summed E-state index contributed by atoms with van der Waals surface area (Å²) in [6.07, 6.45) is -4.56. The molecule has 0 bridgehead atoms. The molecule has 0 spiro atoms. The molecule has 0 fully saturated rings. The van der Waals surface area contributed by atoms with Crippen LogP contribution in [0.15, 0.2) is 42.5 Å². The molecule has 168 valence electrons. The summed E-state index contributed by atoms with van der Waals surface area (Å²) in [6, 6.07) is 9.24. The zero-order valence-electron chi connectivity index (χ0n) is 17.7. The van der Waals surface area contributed by atoms with Crippen molar-refractivity contribution in [3.63, 3.8) is 0 Å². The van der Waals surface area contributed by atoms with Crippen molar-refractivity contribution in [1.29, 1.82) is 0 Å². The van der Waals surface area contributed by atoms with Crippen LogP contribution in [-0.4, -0.2) is 22.5 Å². The Hall–Kier alpha value is -3.82. The van der Waals surface area contributed by atoms with E-state index >= 15 is 0 Å². The quantitative estimate of drug-likeness (QED) is 0.408. The van der Waals surface area contributed by atoms with E-state index in [1.54, 1.807) is 20.8 Å². The SMILES string of the molecule is COc1cc(NC(=O)c2cc(C)n(-c3ccccc3C(F)(F)F)c2C)c(C)cc1[N+](=O)[O-]. The van der Waals surface area contributed by atoms with E-state index in [-0.39, 0.29) is 28.4 Å². The van der Waals surface area contributed by atoms with Gasteiger partial charge in [0, 0.05) is 29.2 Å². The number of hydrogen-bond acceptors (Lipinski definition) is 4. The van der Waals surface area contributed by atoms with Gasteiger partial charge in [-0.2, -0.15) is 13.2 Å². The molecule has 0 saturated heterocycles. The van der Waals surface area contributed by atoms with Gasteiger partial charge in [-0.25, -0.2) is 0 Å². The van der Waals surface area contributed by atoms with Crippen LogP contribution in [0.25, 0.3) is 5.69 Å². The summed E-state index contributed by atoms with van der Waals surface area (Å²) in [5, 5.41) is 13.8. The number of ether oxygens (including phenoxy) is 1. The first kappa shape index (κ1) is 22.9. The summed E-state index contributed by atoms with van der Waals surface area (Å²) < 4.78 is 46.9. The van der Waals surface area contributed by atoms with Crippen molar-refractivity contribution in [1.82, 2.24) is 4.57 Å². The Bertz CT molecular complexity index is 1220. The minimum absolute atomic E-state index is 0.0273. The van der Waals surface area contributed by atoms with Crippen molar-refractivity contribution in [3.05, 3.63) is 80.7 Å². The third-order valence-electron chi connectivity index (χ3n) is 5.10. The molecule has 0 radical (unpaired) electrons. The normalized spacial score (nSPS) is 11.3. The van der Waals surface area contributed by atoms with Gasteiger partial charge in [0.15, 0.2) is 5.75 Å². The highest BCUT2D eigenvalue weighted by atomic mass is 19.4. The largest absolute Gasteiger partial charge is 0.490 e. The van der Waals surface area contributed by atoms with E-state index in [9.17, 15) is 28.1 Å². The summed E-state index contributed by atoms with van der Waals surface area (Å²) in [5.74, 6) is -0.590. The molecule has 2 aromatic carbocycles. The van der Waals surface area contributed by atoms with Gasteiger partial charge in [-0.3, -0.25) is 14.9 Å². The first-order valence-corrected chi connectivity index (χ1v) is 9.45. The van der Waals surface area contributed by atoms with Gasteiger partial charge in [-0.05, 0) is 44.5 Å². The number of carbonyl (C=O) groups excluding carboxylic acids is 1. The van der Waals surface area contributed by atoms with E-state index in [0.29, 0.717) is 17.0 Å². The first-order chi connectivity index (χ1) is 15.0. The molecule has 1 heterocycles. The number of aryl methyl sites for hydroxylation is 2. The molecule has 7 nitrogen and oxygen atoms in total. The minimum Gasteiger partial charge on any atom is -0.490 e. The van der Waals surface area contributed by atoms with Crippen molar-refractivity contribution < 1.29 is 27.6 Å². The zero-order chi connectivity index (χ0) is 23.8. The fourth-order valence-corrected chi connectivity index (χ4v) is 3.58.